The highest BCUT2D eigenvalue weighted by Crippen LogP contribution is 2.21. The summed E-state index contributed by atoms with van der Waals surface area (Å²) in [6.07, 6.45) is 3.76. The Hall–Kier alpha value is -3.34. The molecule has 0 radical (unpaired) electrons. The molecule has 26 heavy (non-hydrogen) atoms. The smallest absolute Gasteiger partial charge is 0.329 e. The normalized spacial score (nSPS) is 11.7. The van der Waals surface area contributed by atoms with Crippen LogP contribution < -0.4 is 0 Å². The van der Waals surface area contributed by atoms with Crippen LogP contribution in [-0.4, -0.2) is 28.5 Å². The maximum Gasteiger partial charge on any atom is 0.329 e. The van der Waals surface area contributed by atoms with Crippen LogP contribution in [0, 0.1) is 0 Å². The van der Waals surface area contributed by atoms with Gasteiger partial charge in [0.2, 0.25) is 0 Å². The van der Waals surface area contributed by atoms with Crippen molar-refractivity contribution in [2.75, 3.05) is 7.11 Å². The van der Waals surface area contributed by atoms with Gasteiger partial charge in [0.15, 0.2) is 5.78 Å². The summed E-state index contributed by atoms with van der Waals surface area (Å²) >= 11 is 0. The van der Waals surface area contributed by atoms with E-state index in [1.54, 1.807) is 59.4 Å². The summed E-state index contributed by atoms with van der Waals surface area (Å²) in [6.45, 7) is 0. The minimum atomic E-state index is -0.595. The fourth-order valence-electron chi connectivity index (χ4n) is 2.80. The maximum atomic E-state index is 12.6. The molecule has 0 bridgehead atoms. The number of carbonyl (C=O) groups excluding carboxylic acids is 2. The Labute approximate surface area is 151 Å². The van der Waals surface area contributed by atoms with Crippen molar-refractivity contribution in [3.8, 4) is 5.75 Å². The Morgan fingerprint density at radius 3 is 2.35 bits per heavy atom. The molecule has 1 N–H and O–H groups in total. The van der Waals surface area contributed by atoms with Crippen molar-refractivity contribution in [1.29, 1.82) is 0 Å². The lowest BCUT2D eigenvalue weighted by Gasteiger charge is -2.16. The third kappa shape index (κ3) is 3.83. The number of rotatable bonds is 6. The largest absolute Gasteiger partial charge is 0.508 e. The Balaban J connectivity index is 1.86. The number of phenols is 1. The minimum Gasteiger partial charge on any atom is -0.508 e. The summed E-state index contributed by atoms with van der Waals surface area (Å²) in [6, 6.07) is 16.8. The van der Waals surface area contributed by atoms with Crippen LogP contribution in [0.3, 0.4) is 0 Å². The molecule has 0 aliphatic rings. The molecule has 2 aromatic carbocycles. The van der Waals surface area contributed by atoms with Gasteiger partial charge in [-0.15, -0.1) is 0 Å². The predicted octanol–water partition coefficient (Wildman–Crippen LogP) is 3.38. The van der Waals surface area contributed by atoms with Crippen LogP contribution in [0.4, 0.5) is 0 Å². The van der Waals surface area contributed by atoms with Crippen LogP contribution in [0.1, 0.15) is 27.5 Å². The number of aromatic nitrogens is 1. The van der Waals surface area contributed by atoms with E-state index in [1.807, 2.05) is 18.2 Å². The molecule has 5 nitrogen and oxygen atoms in total. The summed E-state index contributed by atoms with van der Waals surface area (Å²) in [5.41, 5.74) is 1.98. The van der Waals surface area contributed by atoms with E-state index in [9.17, 15) is 14.7 Å². The molecular formula is C21H19NO4. The van der Waals surface area contributed by atoms with Crippen molar-refractivity contribution in [3.05, 3.63) is 89.7 Å². The van der Waals surface area contributed by atoms with E-state index in [0.717, 1.165) is 5.56 Å². The molecule has 132 valence electrons. The molecule has 0 fully saturated rings. The van der Waals surface area contributed by atoms with Crippen LogP contribution in [0.25, 0.3) is 0 Å². The van der Waals surface area contributed by atoms with Crippen LogP contribution in [0.2, 0.25) is 0 Å². The van der Waals surface area contributed by atoms with Crippen molar-refractivity contribution in [1.82, 2.24) is 4.57 Å². The average molecular weight is 349 g/mol. The number of hydrogen-bond donors (Lipinski definition) is 1. The highest BCUT2D eigenvalue weighted by atomic mass is 16.5. The van der Waals surface area contributed by atoms with E-state index >= 15 is 0 Å². The molecule has 1 aromatic heterocycles. The lowest BCUT2D eigenvalue weighted by atomic mass is 10.1. The van der Waals surface area contributed by atoms with Crippen LogP contribution >= 0.6 is 0 Å². The number of nitrogens with zero attached hydrogens (tertiary/aromatic N) is 1. The number of esters is 1. The Morgan fingerprint density at radius 2 is 1.69 bits per heavy atom. The van der Waals surface area contributed by atoms with Gasteiger partial charge in [-0.2, -0.15) is 0 Å². The summed E-state index contributed by atoms with van der Waals surface area (Å²) in [7, 11) is 1.34. The van der Waals surface area contributed by atoms with Crippen molar-refractivity contribution >= 4 is 11.8 Å². The van der Waals surface area contributed by atoms with E-state index in [2.05, 4.69) is 0 Å². The maximum absolute atomic E-state index is 12.6. The summed E-state index contributed by atoms with van der Waals surface area (Å²) in [4.78, 5) is 24.8. The second-order valence-corrected chi connectivity index (χ2v) is 5.95. The lowest BCUT2D eigenvalue weighted by Crippen LogP contribution is -2.22. The number of ketones is 1. The van der Waals surface area contributed by atoms with Crippen molar-refractivity contribution in [2.45, 2.75) is 12.5 Å². The third-order valence-electron chi connectivity index (χ3n) is 4.21. The zero-order valence-corrected chi connectivity index (χ0v) is 14.3. The van der Waals surface area contributed by atoms with Crippen molar-refractivity contribution < 1.29 is 19.4 Å². The number of phenolic OH excluding ortho intramolecular Hbond substituents is 1. The monoisotopic (exact) mass is 349 g/mol. The second kappa shape index (κ2) is 7.70. The topological polar surface area (TPSA) is 68.5 Å². The molecule has 1 atom stereocenters. The first-order valence-electron chi connectivity index (χ1n) is 8.21. The van der Waals surface area contributed by atoms with Gasteiger partial charge in [0.1, 0.15) is 11.8 Å². The second-order valence-electron chi connectivity index (χ2n) is 5.95. The zero-order valence-electron chi connectivity index (χ0n) is 14.3. The van der Waals surface area contributed by atoms with Crippen molar-refractivity contribution in [3.63, 3.8) is 0 Å². The van der Waals surface area contributed by atoms with Gasteiger partial charge in [-0.3, -0.25) is 4.79 Å². The fraction of sp³-hybridized carbons (Fsp3) is 0.143. The van der Waals surface area contributed by atoms with E-state index in [0.29, 0.717) is 17.5 Å². The molecule has 0 aliphatic heterocycles. The van der Waals surface area contributed by atoms with Gasteiger partial charge in [-0.25, -0.2) is 4.79 Å². The summed E-state index contributed by atoms with van der Waals surface area (Å²) < 4.78 is 6.61. The van der Waals surface area contributed by atoms with E-state index < -0.39 is 12.0 Å². The molecule has 3 aromatic rings. The van der Waals surface area contributed by atoms with Crippen LogP contribution in [-0.2, 0) is 16.0 Å². The van der Waals surface area contributed by atoms with Gasteiger partial charge in [0.25, 0.3) is 0 Å². The predicted molar refractivity (Wildman–Crippen MR) is 97.2 cm³/mol. The Morgan fingerprint density at radius 1 is 1.00 bits per heavy atom. The third-order valence-corrected chi connectivity index (χ3v) is 4.21. The standard InChI is InChI=1S/C21H19NO4/c1-26-21(25)19(13-15-7-9-18(23)10-8-15)22-12-11-17(14-22)20(24)16-5-3-2-4-6-16/h2-12,14,19,23H,13H2,1H3. The number of carbonyl (C=O) groups is 2. The lowest BCUT2D eigenvalue weighted by molar-refractivity contribution is -0.144. The quantitative estimate of drug-likeness (QED) is 0.547. The van der Waals surface area contributed by atoms with Crippen LogP contribution in [0.5, 0.6) is 5.75 Å². The van der Waals surface area contributed by atoms with Gasteiger partial charge in [-0.1, -0.05) is 42.5 Å². The summed E-state index contributed by atoms with van der Waals surface area (Å²) in [5.74, 6) is -0.329. The van der Waals surface area contributed by atoms with Gasteiger partial charge in [-0.05, 0) is 23.8 Å². The molecule has 0 amide bonds. The molecule has 0 spiro atoms. The fourth-order valence-corrected chi connectivity index (χ4v) is 2.80. The first-order chi connectivity index (χ1) is 12.6. The van der Waals surface area contributed by atoms with Gasteiger partial charge < -0.3 is 14.4 Å². The van der Waals surface area contributed by atoms with Crippen LogP contribution in [0.15, 0.2) is 73.1 Å². The molecule has 0 saturated carbocycles. The molecule has 1 heterocycles. The number of ether oxygens (including phenoxy) is 1. The molecule has 0 saturated heterocycles. The molecular weight excluding hydrogens is 330 g/mol. The zero-order chi connectivity index (χ0) is 18.5. The van der Waals surface area contributed by atoms with Gasteiger partial charge in [0.05, 0.1) is 7.11 Å². The SMILES string of the molecule is COC(=O)C(Cc1ccc(O)cc1)n1ccc(C(=O)c2ccccc2)c1. The van der Waals surface area contributed by atoms with E-state index in [1.165, 1.54) is 7.11 Å². The number of benzene rings is 2. The molecule has 3 rings (SSSR count). The molecule has 0 aliphatic carbocycles. The van der Waals surface area contributed by atoms with Crippen molar-refractivity contribution in [2.24, 2.45) is 0 Å². The first-order valence-corrected chi connectivity index (χ1v) is 8.21. The number of methoxy groups -OCH3 is 1. The van der Waals surface area contributed by atoms with E-state index in [4.69, 9.17) is 4.74 Å². The highest BCUT2D eigenvalue weighted by molar-refractivity contribution is 6.08. The van der Waals surface area contributed by atoms with E-state index in [-0.39, 0.29) is 11.5 Å². The average Bonchev–Trinajstić information content (AvgIpc) is 3.17. The summed E-state index contributed by atoms with van der Waals surface area (Å²) in [5, 5.41) is 9.40. The first kappa shape index (κ1) is 17.5. The van der Waals surface area contributed by atoms with Gasteiger partial charge >= 0.3 is 5.97 Å². The minimum absolute atomic E-state index is 0.0994. The Kier molecular flexibility index (Phi) is 5.17. The number of hydrogen-bond acceptors (Lipinski definition) is 4. The Bertz CT molecular complexity index is 897. The van der Waals surface area contributed by atoms with Gasteiger partial charge in [0, 0.05) is 29.9 Å². The number of aromatic hydroxyl groups is 1. The molecule has 1 unspecified atom stereocenters. The highest BCUT2D eigenvalue weighted by Gasteiger charge is 2.22. The molecule has 5 heteroatoms.